The molecule has 18 heavy (non-hydrogen) atoms. The van der Waals surface area contributed by atoms with Crippen molar-refractivity contribution in [2.45, 2.75) is 43.4 Å². The van der Waals surface area contributed by atoms with Gasteiger partial charge in [0.2, 0.25) is 5.91 Å². The van der Waals surface area contributed by atoms with E-state index in [9.17, 15) is 4.79 Å². The summed E-state index contributed by atoms with van der Waals surface area (Å²) in [5.74, 6) is 0.331. The van der Waals surface area contributed by atoms with Crippen LogP contribution in [0.5, 0.6) is 0 Å². The van der Waals surface area contributed by atoms with Gasteiger partial charge in [0.1, 0.15) is 5.60 Å². The highest BCUT2D eigenvalue weighted by Crippen LogP contribution is 2.33. The average Bonchev–Trinajstić information content (AvgIpc) is 3.12. The van der Waals surface area contributed by atoms with Crippen LogP contribution in [0.1, 0.15) is 25.7 Å². The highest BCUT2D eigenvalue weighted by atomic mass is 16.5. The molecule has 3 saturated heterocycles. The molecule has 3 rings (SSSR count). The van der Waals surface area contributed by atoms with Crippen LogP contribution in [0.3, 0.4) is 0 Å². The molecule has 0 saturated carbocycles. The van der Waals surface area contributed by atoms with E-state index < -0.39 is 0 Å². The molecule has 0 aromatic rings. The summed E-state index contributed by atoms with van der Waals surface area (Å²) >= 11 is 0. The molecule has 0 spiro atoms. The van der Waals surface area contributed by atoms with Crippen molar-refractivity contribution in [2.75, 3.05) is 26.9 Å². The molecule has 2 bridgehead atoms. The molecule has 3 fully saturated rings. The molecule has 102 valence electrons. The molecular weight excluding hydrogens is 232 g/mol. The Bertz CT molecular complexity index is 328. The Morgan fingerprint density at radius 2 is 2.44 bits per heavy atom. The van der Waals surface area contributed by atoms with Gasteiger partial charge in [0.15, 0.2) is 0 Å². The lowest BCUT2D eigenvalue weighted by Crippen LogP contribution is -2.48. The van der Waals surface area contributed by atoms with Gasteiger partial charge in [-0.05, 0) is 19.3 Å². The summed E-state index contributed by atoms with van der Waals surface area (Å²) < 4.78 is 10.9. The Hall–Kier alpha value is -0.650. The lowest BCUT2D eigenvalue weighted by molar-refractivity contribution is -0.127. The van der Waals surface area contributed by atoms with Crippen molar-refractivity contribution in [2.24, 2.45) is 5.92 Å². The zero-order valence-electron chi connectivity index (χ0n) is 10.9. The standard InChI is InChI=1S/C13H22N2O3/c1-17-13(4-5-18-8-13)7-14-12(16)10-6-9-2-3-11(10)15-9/h9-11,15H,2-8H2,1H3,(H,14,16). The Kier molecular flexibility index (Phi) is 3.30. The molecule has 0 radical (unpaired) electrons. The van der Waals surface area contributed by atoms with Crippen molar-refractivity contribution in [1.29, 1.82) is 0 Å². The third-order valence-electron chi connectivity index (χ3n) is 4.72. The number of fused-ring (bicyclic) bond motifs is 2. The molecule has 0 aliphatic carbocycles. The highest BCUT2D eigenvalue weighted by molar-refractivity contribution is 5.80. The molecule has 1 amide bonds. The van der Waals surface area contributed by atoms with Gasteiger partial charge in [-0.15, -0.1) is 0 Å². The van der Waals surface area contributed by atoms with E-state index in [-0.39, 0.29) is 17.4 Å². The summed E-state index contributed by atoms with van der Waals surface area (Å²) in [4.78, 5) is 12.2. The number of carbonyl (C=O) groups excluding carboxylic acids is 1. The zero-order chi connectivity index (χ0) is 12.6. The van der Waals surface area contributed by atoms with Crippen LogP contribution in [-0.2, 0) is 14.3 Å². The second kappa shape index (κ2) is 4.79. The first kappa shape index (κ1) is 12.4. The molecule has 4 atom stereocenters. The van der Waals surface area contributed by atoms with Crippen LogP contribution >= 0.6 is 0 Å². The maximum Gasteiger partial charge on any atom is 0.224 e. The molecule has 4 unspecified atom stereocenters. The Labute approximate surface area is 108 Å². The Morgan fingerprint density at radius 3 is 3.00 bits per heavy atom. The van der Waals surface area contributed by atoms with Crippen LogP contribution in [0.25, 0.3) is 0 Å². The number of nitrogens with one attached hydrogen (secondary N) is 2. The number of ether oxygens (including phenoxy) is 2. The van der Waals surface area contributed by atoms with Crippen molar-refractivity contribution in [1.82, 2.24) is 10.6 Å². The quantitative estimate of drug-likeness (QED) is 0.744. The molecular formula is C13H22N2O3. The molecule has 3 aliphatic heterocycles. The minimum atomic E-state index is -0.305. The van der Waals surface area contributed by atoms with Crippen molar-refractivity contribution < 1.29 is 14.3 Å². The molecule has 0 aromatic carbocycles. The molecule has 3 aliphatic rings. The summed E-state index contributed by atoms with van der Waals surface area (Å²) in [6.07, 6.45) is 4.22. The normalized spacial score (nSPS) is 42.4. The van der Waals surface area contributed by atoms with Gasteiger partial charge in [0, 0.05) is 38.8 Å². The van der Waals surface area contributed by atoms with Gasteiger partial charge >= 0.3 is 0 Å². The molecule has 3 heterocycles. The van der Waals surface area contributed by atoms with Gasteiger partial charge in [0.05, 0.1) is 12.5 Å². The van der Waals surface area contributed by atoms with E-state index in [1.54, 1.807) is 7.11 Å². The SMILES string of the molecule is COC1(CNC(=O)C2CC3CCC2N3)CCOC1. The van der Waals surface area contributed by atoms with Crippen molar-refractivity contribution in [3.05, 3.63) is 0 Å². The fourth-order valence-corrected chi connectivity index (χ4v) is 3.45. The summed E-state index contributed by atoms with van der Waals surface area (Å²) in [7, 11) is 1.69. The van der Waals surface area contributed by atoms with Crippen LogP contribution in [0.2, 0.25) is 0 Å². The van der Waals surface area contributed by atoms with Crippen molar-refractivity contribution >= 4 is 5.91 Å². The fourth-order valence-electron chi connectivity index (χ4n) is 3.45. The maximum absolute atomic E-state index is 12.2. The zero-order valence-corrected chi connectivity index (χ0v) is 10.9. The number of hydrogen-bond donors (Lipinski definition) is 2. The van der Waals surface area contributed by atoms with E-state index in [0.29, 0.717) is 25.2 Å². The number of rotatable bonds is 4. The first-order chi connectivity index (χ1) is 8.72. The fraction of sp³-hybridized carbons (Fsp3) is 0.923. The Balaban J connectivity index is 1.52. The van der Waals surface area contributed by atoms with E-state index in [1.807, 2.05) is 0 Å². The summed E-state index contributed by atoms with van der Waals surface area (Å²) in [5.41, 5.74) is -0.305. The molecule has 2 N–H and O–H groups in total. The van der Waals surface area contributed by atoms with E-state index in [2.05, 4.69) is 10.6 Å². The smallest absolute Gasteiger partial charge is 0.224 e. The predicted octanol–water partition coefficient (Wildman–Crippen LogP) is 0.0486. The first-order valence-electron chi connectivity index (χ1n) is 6.89. The van der Waals surface area contributed by atoms with Crippen LogP contribution in [-0.4, -0.2) is 50.5 Å². The lowest BCUT2D eigenvalue weighted by atomic mass is 9.88. The van der Waals surface area contributed by atoms with Crippen molar-refractivity contribution in [3.8, 4) is 0 Å². The minimum Gasteiger partial charge on any atom is -0.378 e. The van der Waals surface area contributed by atoms with Crippen LogP contribution in [0, 0.1) is 5.92 Å². The second-order valence-corrected chi connectivity index (χ2v) is 5.80. The molecule has 5 heteroatoms. The second-order valence-electron chi connectivity index (χ2n) is 5.80. The first-order valence-corrected chi connectivity index (χ1v) is 6.89. The number of hydrogen-bond acceptors (Lipinski definition) is 4. The van der Waals surface area contributed by atoms with E-state index >= 15 is 0 Å². The van der Waals surface area contributed by atoms with E-state index in [1.165, 1.54) is 6.42 Å². The summed E-state index contributed by atoms with van der Waals surface area (Å²) in [6.45, 7) is 1.87. The van der Waals surface area contributed by atoms with Gasteiger partial charge in [-0.3, -0.25) is 4.79 Å². The third-order valence-corrected chi connectivity index (χ3v) is 4.72. The number of carbonyl (C=O) groups is 1. The third kappa shape index (κ3) is 2.15. The van der Waals surface area contributed by atoms with Gasteiger partial charge in [0.25, 0.3) is 0 Å². The highest BCUT2D eigenvalue weighted by Gasteiger charge is 2.43. The molecule has 5 nitrogen and oxygen atoms in total. The van der Waals surface area contributed by atoms with E-state index in [0.717, 1.165) is 25.9 Å². The number of amides is 1. The minimum absolute atomic E-state index is 0.153. The Morgan fingerprint density at radius 1 is 1.56 bits per heavy atom. The lowest BCUT2D eigenvalue weighted by Gasteiger charge is -2.27. The predicted molar refractivity (Wildman–Crippen MR) is 66.2 cm³/mol. The van der Waals surface area contributed by atoms with Gasteiger partial charge in [-0.25, -0.2) is 0 Å². The van der Waals surface area contributed by atoms with Gasteiger partial charge < -0.3 is 20.1 Å². The van der Waals surface area contributed by atoms with Gasteiger partial charge in [-0.2, -0.15) is 0 Å². The molecule has 0 aromatic heterocycles. The van der Waals surface area contributed by atoms with Crippen LogP contribution in [0.15, 0.2) is 0 Å². The van der Waals surface area contributed by atoms with Crippen LogP contribution in [0.4, 0.5) is 0 Å². The summed E-state index contributed by atoms with van der Waals surface area (Å²) in [6, 6.07) is 0.963. The average molecular weight is 254 g/mol. The monoisotopic (exact) mass is 254 g/mol. The largest absolute Gasteiger partial charge is 0.378 e. The van der Waals surface area contributed by atoms with Gasteiger partial charge in [-0.1, -0.05) is 0 Å². The summed E-state index contributed by atoms with van der Waals surface area (Å²) in [5, 5.41) is 6.55. The number of methoxy groups -OCH3 is 1. The van der Waals surface area contributed by atoms with Crippen LogP contribution < -0.4 is 10.6 Å². The van der Waals surface area contributed by atoms with Crippen molar-refractivity contribution in [3.63, 3.8) is 0 Å². The van der Waals surface area contributed by atoms with E-state index in [4.69, 9.17) is 9.47 Å². The topological polar surface area (TPSA) is 59.6 Å². The maximum atomic E-state index is 12.2.